The summed E-state index contributed by atoms with van der Waals surface area (Å²) < 4.78 is 33.6. The third kappa shape index (κ3) is 4.56. The lowest BCUT2D eigenvalue weighted by Gasteiger charge is -2.22. The Hall–Kier alpha value is -1.97. The quantitative estimate of drug-likeness (QED) is 0.839. The summed E-state index contributed by atoms with van der Waals surface area (Å²) in [6.45, 7) is 0.314. The smallest absolute Gasteiger partial charge is 0.270 e. The van der Waals surface area contributed by atoms with Crippen LogP contribution < -0.4 is 10.1 Å². The molecule has 0 radical (unpaired) electrons. The number of benzene rings is 1. The first kappa shape index (κ1) is 17.8. The maximum absolute atomic E-state index is 12.2. The average Bonchev–Trinajstić information content (AvgIpc) is 3.09. The molecule has 25 heavy (non-hydrogen) atoms. The molecule has 3 rings (SSSR count). The third-order valence-electron chi connectivity index (χ3n) is 3.75. The van der Waals surface area contributed by atoms with Crippen molar-refractivity contribution in [2.45, 2.75) is 6.10 Å². The van der Waals surface area contributed by atoms with Crippen molar-refractivity contribution in [1.29, 1.82) is 0 Å². The lowest BCUT2D eigenvalue weighted by Crippen LogP contribution is -2.42. The van der Waals surface area contributed by atoms with E-state index in [4.69, 9.17) is 9.47 Å². The third-order valence-corrected chi connectivity index (χ3v) is 6.31. The molecule has 9 heteroatoms. The van der Waals surface area contributed by atoms with E-state index in [2.05, 4.69) is 10.3 Å². The van der Waals surface area contributed by atoms with E-state index in [0.717, 1.165) is 16.3 Å². The van der Waals surface area contributed by atoms with Gasteiger partial charge in [-0.1, -0.05) is 0 Å². The molecule has 7 nitrogen and oxygen atoms in total. The van der Waals surface area contributed by atoms with E-state index < -0.39 is 15.9 Å². The summed E-state index contributed by atoms with van der Waals surface area (Å²) in [5, 5.41) is 5.09. The van der Waals surface area contributed by atoms with Crippen LogP contribution in [0.25, 0.3) is 10.6 Å². The monoisotopic (exact) mass is 382 g/mol. The van der Waals surface area contributed by atoms with E-state index in [9.17, 15) is 13.2 Å². The topological polar surface area (TPSA) is 94.6 Å². The summed E-state index contributed by atoms with van der Waals surface area (Å²) in [5.41, 5.74) is 1.20. The van der Waals surface area contributed by atoms with Crippen LogP contribution in [-0.4, -0.2) is 57.2 Å². The lowest BCUT2D eigenvalue weighted by molar-refractivity contribution is 0.0661. The standard InChI is InChI=1S/C16H18N2O5S2/c1-22-12-4-2-11(3-5-12)16-18-14(9-24-16)15(19)17-8-13-10-25(20,21)7-6-23-13/h2-5,9,13H,6-8,10H2,1H3,(H,17,19). The fourth-order valence-electron chi connectivity index (χ4n) is 2.42. The van der Waals surface area contributed by atoms with E-state index in [1.165, 1.54) is 11.3 Å². The van der Waals surface area contributed by atoms with Gasteiger partial charge in [0.1, 0.15) is 16.5 Å². The predicted octanol–water partition coefficient (Wildman–Crippen LogP) is 1.36. The molecule has 1 amide bonds. The Labute approximate surface area is 149 Å². The highest BCUT2D eigenvalue weighted by Gasteiger charge is 2.26. The van der Waals surface area contributed by atoms with E-state index in [-0.39, 0.29) is 30.6 Å². The molecule has 1 unspecified atom stereocenters. The minimum atomic E-state index is -3.08. The van der Waals surface area contributed by atoms with E-state index in [0.29, 0.717) is 5.69 Å². The minimum Gasteiger partial charge on any atom is -0.497 e. The number of hydrogen-bond donors (Lipinski definition) is 1. The zero-order valence-electron chi connectivity index (χ0n) is 13.6. The second-order valence-electron chi connectivity index (χ2n) is 5.58. The van der Waals surface area contributed by atoms with Crippen molar-refractivity contribution in [2.75, 3.05) is 31.8 Å². The summed E-state index contributed by atoms with van der Waals surface area (Å²) in [6.07, 6.45) is -0.512. The summed E-state index contributed by atoms with van der Waals surface area (Å²) in [7, 11) is -1.48. The van der Waals surface area contributed by atoms with Gasteiger partial charge in [-0.15, -0.1) is 11.3 Å². The summed E-state index contributed by atoms with van der Waals surface area (Å²) in [6, 6.07) is 7.41. The van der Waals surface area contributed by atoms with Gasteiger partial charge in [0.2, 0.25) is 0 Å². The molecule has 0 bridgehead atoms. The molecule has 2 heterocycles. The molecule has 1 aliphatic heterocycles. The van der Waals surface area contributed by atoms with Gasteiger partial charge in [-0.3, -0.25) is 4.79 Å². The average molecular weight is 382 g/mol. The Morgan fingerprint density at radius 2 is 2.16 bits per heavy atom. The van der Waals surface area contributed by atoms with Crippen LogP contribution in [-0.2, 0) is 14.6 Å². The summed E-state index contributed by atoms with van der Waals surface area (Å²) >= 11 is 1.37. The molecule has 1 atom stereocenters. The van der Waals surface area contributed by atoms with Crippen molar-refractivity contribution in [2.24, 2.45) is 0 Å². The second kappa shape index (κ2) is 7.51. The minimum absolute atomic E-state index is 0.0365. The van der Waals surface area contributed by atoms with Crippen LogP contribution in [0.1, 0.15) is 10.5 Å². The van der Waals surface area contributed by atoms with Crippen LogP contribution in [0.3, 0.4) is 0 Å². The highest BCUT2D eigenvalue weighted by Crippen LogP contribution is 2.25. The predicted molar refractivity (Wildman–Crippen MR) is 94.8 cm³/mol. The van der Waals surface area contributed by atoms with Crippen molar-refractivity contribution < 1.29 is 22.7 Å². The van der Waals surface area contributed by atoms with Gasteiger partial charge in [0.25, 0.3) is 5.91 Å². The number of aromatic nitrogens is 1. The van der Waals surface area contributed by atoms with Crippen molar-refractivity contribution in [3.05, 3.63) is 35.3 Å². The van der Waals surface area contributed by atoms with E-state index in [1.54, 1.807) is 12.5 Å². The molecular weight excluding hydrogens is 364 g/mol. The SMILES string of the molecule is COc1ccc(-c2nc(C(=O)NCC3CS(=O)(=O)CCO3)cs2)cc1. The Balaban J connectivity index is 1.60. The molecule has 1 aromatic heterocycles. The number of rotatable bonds is 5. The number of sulfone groups is 1. The van der Waals surface area contributed by atoms with Crippen LogP contribution in [0.4, 0.5) is 0 Å². The van der Waals surface area contributed by atoms with Crippen molar-refractivity contribution >= 4 is 27.1 Å². The number of methoxy groups -OCH3 is 1. The number of hydrogen-bond acceptors (Lipinski definition) is 7. The zero-order valence-corrected chi connectivity index (χ0v) is 15.2. The molecule has 0 aliphatic carbocycles. The molecule has 1 aliphatic rings. The number of carbonyl (C=O) groups is 1. The number of nitrogens with zero attached hydrogens (tertiary/aromatic N) is 1. The Bertz CT molecular complexity index is 846. The van der Waals surface area contributed by atoms with Crippen molar-refractivity contribution in [1.82, 2.24) is 10.3 Å². The maximum atomic E-state index is 12.2. The Morgan fingerprint density at radius 1 is 1.40 bits per heavy atom. The lowest BCUT2D eigenvalue weighted by atomic mass is 10.2. The first-order valence-corrected chi connectivity index (χ1v) is 10.4. The highest BCUT2D eigenvalue weighted by atomic mass is 32.2. The zero-order chi connectivity index (χ0) is 17.9. The van der Waals surface area contributed by atoms with Gasteiger partial charge in [0.05, 0.1) is 31.3 Å². The molecule has 1 saturated heterocycles. The molecule has 1 N–H and O–H groups in total. The van der Waals surface area contributed by atoms with E-state index in [1.807, 2.05) is 24.3 Å². The van der Waals surface area contributed by atoms with Crippen molar-refractivity contribution in [3.63, 3.8) is 0 Å². The second-order valence-corrected chi connectivity index (χ2v) is 8.67. The van der Waals surface area contributed by atoms with Crippen LogP contribution in [0.5, 0.6) is 5.75 Å². The summed E-state index contributed by atoms with van der Waals surface area (Å²) in [5.74, 6) is 0.374. The maximum Gasteiger partial charge on any atom is 0.270 e. The molecule has 1 aromatic carbocycles. The number of nitrogens with one attached hydrogen (secondary N) is 1. The first-order chi connectivity index (χ1) is 12.0. The van der Waals surface area contributed by atoms with Gasteiger partial charge < -0.3 is 14.8 Å². The van der Waals surface area contributed by atoms with Gasteiger partial charge in [-0.25, -0.2) is 13.4 Å². The number of thiazole rings is 1. The Morgan fingerprint density at radius 3 is 2.84 bits per heavy atom. The van der Waals surface area contributed by atoms with Gasteiger partial charge >= 0.3 is 0 Å². The van der Waals surface area contributed by atoms with Crippen LogP contribution >= 0.6 is 11.3 Å². The van der Waals surface area contributed by atoms with Crippen LogP contribution in [0.15, 0.2) is 29.6 Å². The molecule has 0 spiro atoms. The van der Waals surface area contributed by atoms with Gasteiger partial charge in [-0.2, -0.15) is 0 Å². The normalized spacial score (nSPS) is 19.3. The fraction of sp³-hybridized carbons (Fsp3) is 0.375. The summed E-state index contributed by atoms with van der Waals surface area (Å²) in [4.78, 5) is 16.5. The van der Waals surface area contributed by atoms with Crippen LogP contribution in [0.2, 0.25) is 0 Å². The number of ether oxygens (including phenoxy) is 2. The first-order valence-electron chi connectivity index (χ1n) is 7.67. The number of carbonyl (C=O) groups excluding carboxylic acids is 1. The molecule has 1 fully saturated rings. The van der Waals surface area contributed by atoms with E-state index >= 15 is 0 Å². The van der Waals surface area contributed by atoms with Gasteiger partial charge in [0.15, 0.2) is 9.84 Å². The molecule has 2 aromatic rings. The molecule has 134 valence electrons. The fourth-order valence-corrected chi connectivity index (χ4v) is 4.52. The molecule has 0 saturated carbocycles. The van der Waals surface area contributed by atoms with Crippen molar-refractivity contribution in [3.8, 4) is 16.3 Å². The number of amides is 1. The Kier molecular flexibility index (Phi) is 5.36. The van der Waals surface area contributed by atoms with Crippen LogP contribution in [0, 0.1) is 0 Å². The highest BCUT2D eigenvalue weighted by molar-refractivity contribution is 7.91. The van der Waals surface area contributed by atoms with Gasteiger partial charge in [0, 0.05) is 17.5 Å². The largest absolute Gasteiger partial charge is 0.497 e. The molecular formula is C16H18N2O5S2. The van der Waals surface area contributed by atoms with Gasteiger partial charge in [-0.05, 0) is 24.3 Å².